The summed E-state index contributed by atoms with van der Waals surface area (Å²) >= 11 is 0. The first-order chi connectivity index (χ1) is 11.2. The number of benzene rings is 2. The molecular weight excluding hydrogens is 292 g/mol. The van der Waals surface area contributed by atoms with Gasteiger partial charge in [-0.2, -0.15) is 0 Å². The van der Waals surface area contributed by atoms with Crippen LogP contribution in [0.4, 0.5) is 11.4 Å². The molecule has 0 atom stereocenters. The van der Waals surface area contributed by atoms with Gasteiger partial charge in [-0.1, -0.05) is 12.1 Å². The number of ketones is 1. The highest BCUT2D eigenvalue weighted by atomic mass is 16.5. The number of carbonyl (C=O) groups is 1. The second-order valence-electron chi connectivity index (χ2n) is 5.40. The van der Waals surface area contributed by atoms with Crippen LogP contribution in [0.15, 0.2) is 42.5 Å². The molecule has 5 heteroatoms. The van der Waals surface area contributed by atoms with Crippen LogP contribution in [0.3, 0.4) is 0 Å². The number of nitrogen functional groups attached to an aromatic ring is 1. The van der Waals surface area contributed by atoms with Crippen molar-refractivity contribution in [2.24, 2.45) is 0 Å². The second-order valence-corrected chi connectivity index (χ2v) is 5.40. The van der Waals surface area contributed by atoms with Crippen molar-refractivity contribution in [3.05, 3.63) is 53.6 Å². The van der Waals surface area contributed by atoms with Crippen LogP contribution in [0.1, 0.15) is 15.9 Å². The van der Waals surface area contributed by atoms with E-state index in [1.54, 1.807) is 25.3 Å². The lowest BCUT2D eigenvalue weighted by molar-refractivity contribution is 0.103. The highest BCUT2D eigenvalue weighted by molar-refractivity contribution is 6.11. The Morgan fingerprint density at radius 3 is 2.61 bits per heavy atom. The zero-order valence-electron chi connectivity index (χ0n) is 13.1. The first kappa shape index (κ1) is 15.4. The van der Waals surface area contributed by atoms with Gasteiger partial charge in [0.1, 0.15) is 5.75 Å². The smallest absolute Gasteiger partial charge is 0.196 e. The Kier molecular flexibility index (Phi) is 4.48. The highest BCUT2D eigenvalue weighted by Crippen LogP contribution is 2.28. The van der Waals surface area contributed by atoms with E-state index in [9.17, 15) is 4.79 Å². The van der Waals surface area contributed by atoms with E-state index in [-0.39, 0.29) is 5.78 Å². The van der Waals surface area contributed by atoms with Gasteiger partial charge in [-0.3, -0.25) is 4.79 Å². The molecule has 1 aliphatic heterocycles. The van der Waals surface area contributed by atoms with Gasteiger partial charge in [0.15, 0.2) is 5.78 Å². The van der Waals surface area contributed by atoms with E-state index in [1.807, 2.05) is 24.3 Å². The van der Waals surface area contributed by atoms with E-state index in [4.69, 9.17) is 15.2 Å². The number of carbonyl (C=O) groups excluding carboxylic acids is 1. The van der Waals surface area contributed by atoms with Crippen LogP contribution < -0.4 is 15.4 Å². The number of ether oxygens (including phenoxy) is 2. The first-order valence-electron chi connectivity index (χ1n) is 7.60. The minimum absolute atomic E-state index is 0.0947. The molecule has 1 aliphatic rings. The standard InChI is InChI=1S/C18H20N2O3/c1-22-17-5-3-2-4-14(17)18(21)13-6-7-16(15(19)12-13)20-8-10-23-11-9-20/h2-7,12H,8-11,19H2,1H3. The molecule has 2 N–H and O–H groups in total. The molecule has 5 nitrogen and oxygen atoms in total. The monoisotopic (exact) mass is 312 g/mol. The summed E-state index contributed by atoms with van der Waals surface area (Å²) in [7, 11) is 1.56. The van der Waals surface area contributed by atoms with Crippen LogP contribution in [-0.2, 0) is 4.74 Å². The fraction of sp³-hybridized carbons (Fsp3) is 0.278. The van der Waals surface area contributed by atoms with Crippen molar-refractivity contribution in [2.45, 2.75) is 0 Å². The summed E-state index contributed by atoms with van der Waals surface area (Å²) < 4.78 is 10.6. The van der Waals surface area contributed by atoms with E-state index in [0.29, 0.717) is 35.8 Å². The molecule has 2 aromatic rings. The predicted octanol–water partition coefficient (Wildman–Crippen LogP) is 2.34. The van der Waals surface area contributed by atoms with Gasteiger partial charge in [-0.05, 0) is 30.3 Å². The number of nitrogens with zero attached hydrogens (tertiary/aromatic N) is 1. The SMILES string of the molecule is COc1ccccc1C(=O)c1ccc(N2CCOCC2)c(N)c1. The topological polar surface area (TPSA) is 64.8 Å². The number of rotatable bonds is 4. The molecule has 0 amide bonds. The van der Waals surface area contributed by atoms with Gasteiger partial charge in [0, 0.05) is 18.7 Å². The van der Waals surface area contributed by atoms with Crippen molar-refractivity contribution in [3.8, 4) is 5.75 Å². The second kappa shape index (κ2) is 6.71. The van der Waals surface area contributed by atoms with Gasteiger partial charge in [-0.25, -0.2) is 0 Å². The van der Waals surface area contributed by atoms with Gasteiger partial charge in [0.05, 0.1) is 37.3 Å². The van der Waals surface area contributed by atoms with Crippen LogP contribution >= 0.6 is 0 Å². The molecule has 120 valence electrons. The Morgan fingerprint density at radius 1 is 1.17 bits per heavy atom. The zero-order chi connectivity index (χ0) is 16.2. The Balaban J connectivity index is 1.89. The molecule has 0 spiro atoms. The summed E-state index contributed by atoms with van der Waals surface area (Å²) in [6.07, 6.45) is 0. The van der Waals surface area contributed by atoms with Gasteiger partial charge < -0.3 is 20.1 Å². The third-order valence-electron chi connectivity index (χ3n) is 3.99. The quantitative estimate of drug-likeness (QED) is 0.693. The molecular formula is C18H20N2O3. The Bertz CT molecular complexity index is 709. The van der Waals surface area contributed by atoms with Gasteiger partial charge >= 0.3 is 0 Å². The number of morpholine rings is 1. The van der Waals surface area contributed by atoms with Crippen molar-refractivity contribution in [1.82, 2.24) is 0 Å². The normalized spacial score (nSPS) is 14.6. The summed E-state index contributed by atoms with van der Waals surface area (Å²) in [5.74, 6) is 0.469. The fourth-order valence-corrected chi connectivity index (χ4v) is 2.78. The van der Waals surface area contributed by atoms with Crippen LogP contribution in [-0.4, -0.2) is 39.2 Å². The molecule has 0 aliphatic carbocycles. The Labute approximate surface area is 135 Å². The molecule has 0 unspecified atom stereocenters. The summed E-state index contributed by atoms with van der Waals surface area (Å²) in [5, 5.41) is 0. The lowest BCUT2D eigenvalue weighted by atomic mass is 10.0. The Morgan fingerprint density at radius 2 is 1.91 bits per heavy atom. The number of methoxy groups -OCH3 is 1. The van der Waals surface area contributed by atoms with E-state index in [2.05, 4.69) is 4.90 Å². The van der Waals surface area contributed by atoms with Gasteiger partial charge in [0.2, 0.25) is 0 Å². The average molecular weight is 312 g/mol. The summed E-state index contributed by atoms with van der Waals surface area (Å²) in [6, 6.07) is 12.7. The summed E-state index contributed by atoms with van der Waals surface area (Å²) in [4.78, 5) is 14.9. The minimum Gasteiger partial charge on any atom is -0.496 e. The molecule has 1 fully saturated rings. The van der Waals surface area contributed by atoms with Gasteiger partial charge in [-0.15, -0.1) is 0 Å². The summed E-state index contributed by atoms with van der Waals surface area (Å²) in [5.41, 5.74) is 8.82. The fourth-order valence-electron chi connectivity index (χ4n) is 2.78. The molecule has 0 radical (unpaired) electrons. The molecule has 0 bridgehead atoms. The first-order valence-corrected chi connectivity index (χ1v) is 7.60. The highest BCUT2D eigenvalue weighted by Gasteiger charge is 2.18. The number of nitrogens with two attached hydrogens (primary N) is 1. The third-order valence-corrected chi connectivity index (χ3v) is 3.99. The number of para-hydroxylation sites is 1. The van der Waals surface area contributed by atoms with E-state index in [1.165, 1.54) is 0 Å². The maximum atomic E-state index is 12.7. The molecule has 0 saturated carbocycles. The van der Waals surface area contributed by atoms with Crippen LogP contribution in [0.25, 0.3) is 0 Å². The lowest BCUT2D eigenvalue weighted by Crippen LogP contribution is -2.36. The number of hydrogen-bond acceptors (Lipinski definition) is 5. The van der Waals surface area contributed by atoms with Crippen LogP contribution in [0.2, 0.25) is 0 Å². The molecule has 2 aromatic carbocycles. The van der Waals surface area contributed by atoms with Crippen molar-refractivity contribution < 1.29 is 14.3 Å². The van der Waals surface area contributed by atoms with E-state index >= 15 is 0 Å². The average Bonchev–Trinajstić information content (AvgIpc) is 2.61. The third kappa shape index (κ3) is 3.14. The van der Waals surface area contributed by atoms with Crippen LogP contribution in [0, 0.1) is 0 Å². The van der Waals surface area contributed by atoms with Crippen molar-refractivity contribution >= 4 is 17.2 Å². The lowest BCUT2D eigenvalue weighted by Gasteiger charge is -2.30. The molecule has 3 rings (SSSR count). The number of anilines is 2. The zero-order valence-corrected chi connectivity index (χ0v) is 13.1. The Hall–Kier alpha value is -2.53. The van der Waals surface area contributed by atoms with Crippen molar-refractivity contribution in [2.75, 3.05) is 44.0 Å². The van der Waals surface area contributed by atoms with E-state index in [0.717, 1.165) is 18.8 Å². The molecule has 1 heterocycles. The van der Waals surface area contributed by atoms with Crippen molar-refractivity contribution in [1.29, 1.82) is 0 Å². The number of hydrogen-bond donors (Lipinski definition) is 1. The predicted molar refractivity (Wildman–Crippen MR) is 90.3 cm³/mol. The molecule has 0 aromatic heterocycles. The minimum atomic E-state index is -0.0947. The maximum Gasteiger partial charge on any atom is 0.196 e. The van der Waals surface area contributed by atoms with Crippen LogP contribution in [0.5, 0.6) is 5.75 Å². The van der Waals surface area contributed by atoms with E-state index < -0.39 is 0 Å². The molecule has 1 saturated heterocycles. The largest absolute Gasteiger partial charge is 0.496 e. The molecule has 23 heavy (non-hydrogen) atoms. The van der Waals surface area contributed by atoms with Crippen molar-refractivity contribution in [3.63, 3.8) is 0 Å². The van der Waals surface area contributed by atoms with Gasteiger partial charge in [0.25, 0.3) is 0 Å². The summed E-state index contributed by atoms with van der Waals surface area (Å²) in [6.45, 7) is 3.01. The maximum absolute atomic E-state index is 12.7.